The molecule has 0 unspecified atom stereocenters. The van der Waals surface area contributed by atoms with Crippen LogP contribution < -0.4 is 5.43 Å². The highest BCUT2D eigenvalue weighted by Gasteiger charge is 2.17. The van der Waals surface area contributed by atoms with Crippen molar-refractivity contribution in [2.24, 2.45) is 7.05 Å². The third-order valence-electron chi connectivity index (χ3n) is 3.77. The molecule has 0 fully saturated rings. The summed E-state index contributed by atoms with van der Waals surface area (Å²) in [4.78, 5) is 24.0. The Labute approximate surface area is 148 Å². The summed E-state index contributed by atoms with van der Waals surface area (Å²) < 4.78 is 22.6. The SMILES string of the molecule is CCOC(=O)c1cccc(Cc2nn(-c3cnn(C)c3)ccc2=O)c1F. The van der Waals surface area contributed by atoms with Crippen LogP contribution >= 0.6 is 0 Å². The fourth-order valence-corrected chi connectivity index (χ4v) is 2.50. The molecule has 0 aliphatic carbocycles. The van der Waals surface area contributed by atoms with Crippen LogP contribution in [0.5, 0.6) is 0 Å². The molecule has 1 aromatic carbocycles. The molecule has 0 saturated heterocycles. The van der Waals surface area contributed by atoms with Crippen molar-refractivity contribution in [3.8, 4) is 5.69 Å². The second-order valence-corrected chi connectivity index (χ2v) is 5.62. The van der Waals surface area contributed by atoms with E-state index in [0.717, 1.165) is 0 Å². The Morgan fingerprint density at radius 3 is 2.81 bits per heavy atom. The minimum Gasteiger partial charge on any atom is -0.462 e. The molecule has 134 valence electrons. The molecule has 3 rings (SSSR count). The van der Waals surface area contributed by atoms with Gasteiger partial charge in [-0.15, -0.1) is 0 Å². The van der Waals surface area contributed by atoms with Crippen LogP contribution in [0.1, 0.15) is 28.5 Å². The number of rotatable bonds is 5. The van der Waals surface area contributed by atoms with Gasteiger partial charge in [0, 0.05) is 25.7 Å². The van der Waals surface area contributed by atoms with E-state index in [-0.39, 0.29) is 35.3 Å². The van der Waals surface area contributed by atoms with E-state index in [9.17, 15) is 14.0 Å². The summed E-state index contributed by atoms with van der Waals surface area (Å²) in [5.41, 5.74) is 0.564. The normalized spacial score (nSPS) is 10.7. The van der Waals surface area contributed by atoms with E-state index in [4.69, 9.17) is 4.74 Å². The monoisotopic (exact) mass is 356 g/mol. The lowest BCUT2D eigenvalue weighted by Crippen LogP contribution is -2.17. The molecule has 0 N–H and O–H groups in total. The van der Waals surface area contributed by atoms with Crippen molar-refractivity contribution < 1.29 is 13.9 Å². The molecule has 3 aromatic rings. The number of benzene rings is 1. The van der Waals surface area contributed by atoms with Crippen molar-refractivity contribution in [3.05, 3.63) is 75.7 Å². The first-order valence-corrected chi connectivity index (χ1v) is 8.02. The predicted molar refractivity (Wildman–Crippen MR) is 91.8 cm³/mol. The summed E-state index contributed by atoms with van der Waals surface area (Å²) >= 11 is 0. The number of hydrogen-bond acceptors (Lipinski definition) is 5. The van der Waals surface area contributed by atoms with Gasteiger partial charge >= 0.3 is 5.97 Å². The van der Waals surface area contributed by atoms with Gasteiger partial charge in [0.1, 0.15) is 17.2 Å². The summed E-state index contributed by atoms with van der Waals surface area (Å²) in [7, 11) is 1.77. The third-order valence-corrected chi connectivity index (χ3v) is 3.77. The van der Waals surface area contributed by atoms with Gasteiger partial charge in [-0.05, 0) is 18.6 Å². The van der Waals surface area contributed by atoms with Gasteiger partial charge in [-0.25, -0.2) is 13.9 Å². The zero-order valence-corrected chi connectivity index (χ0v) is 14.3. The molecule has 8 heteroatoms. The third kappa shape index (κ3) is 3.53. The van der Waals surface area contributed by atoms with Gasteiger partial charge in [0.15, 0.2) is 0 Å². The highest BCUT2D eigenvalue weighted by molar-refractivity contribution is 5.89. The van der Waals surface area contributed by atoms with E-state index in [1.165, 1.54) is 29.1 Å². The van der Waals surface area contributed by atoms with E-state index in [1.54, 1.807) is 37.1 Å². The summed E-state index contributed by atoms with van der Waals surface area (Å²) in [5.74, 6) is -1.44. The Balaban J connectivity index is 1.95. The lowest BCUT2D eigenvalue weighted by molar-refractivity contribution is 0.0521. The Kier molecular flexibility index (Phi) is 4.92. The zero-order valence-electron chi connectivity index (χ0n) is 14.3. The highest BCUT2D eigenvalue weighted by atomic mass is 19.1. The molecule has 7 nitrogen and oxygen atoms in total. The largest absolute Gasteiger partial charge is 0.462 e. The molecule has 0 spiro atoms. The smallest absolute Gasteiger partial charge is 0.341 e. The number of hydrogen-bond donors (Lipinski definition) is 0. The van der Waals surface area contributed by atoms with E-state index >= 15 is 0 Å². The maximum absolute atomic E-state index is 14.6. The van der Waals surface area contributed by atoms with Crippen LogP contribution in [-0.2, 0) is 18.2 Å². The van der Waals surface area contributed by atoms with Gasteiger partial charge in [-0.2, -0.15) is 10.2 Å². The van der Waals surface area contributed by atoms with Crippen LogP contribution in [0.4, 0.5) is 4.39 Å². The van der Waals surface area contributed by atoms with Gasteiger partial charge in [0.05, 0.1) is 24.6 Å². The van der Waals surface area contributed by atoms with E-state index in [2.05, 4.69) is 10.2 Å². The zero-order chi connectivity index (χ0) is 18.7. The Morgan fingerprint density at radius 1 is 1.31 bits per heavy atom. The molecule has 2 heterocycles. The molecular formula is C18H17FN4O3. The highest BCUT2D eigenvalue weighted by Crippen LogP contribution is 2.16. The topological polar surface area (TPSA) is 79.0 Å². The summed E-state index contributed by atoms with van der Waals surface area (Å²) in [6.07, 6.45) is 4.82. The second kappa shape index (κ2) is 7.30. The standard InChI is InChI=1S/C18H17FN4O3/c1-3-26-18(25)14-6-4-5-12(17(14)19)9-15-16(24)7-8-23(21-15)13-10-20-22(2)11-13/h4-8,10-11H,3,9H2,1-2H3. The molecular weight excluding hydrogens is 339 g/mol. The first-order valence-electron chi connectivity index (χ1n) is 8.02. The fraction of sp³-hybridized carbons (Fsp3) is 0.222. The minimum absolute atomic E-state index is 0.0426. The van der Waals surface area contributed by atoms with Gasteiger partial charge < -0.3 is 4.74 Å². The molecule has 0 amide bonds. The van der Waals surface area contributed by atoms with Crippen molar-refractivity contribution in [2.45, 2.75) is 13.3 Å². The molecule has 26 heavy (non-hydrogen) atoms. The van der Waals surface area contributed by atoms with Crippen molar-refractivity contribution in [3.63, 3.8) is 0 Å². The number of ether oxygens (including phenoxy) is 1. The number of esters is 1. The van der Waals surface area contributed by atoms with Crippen LogP contribution in [0, 0.1) is 5.82 Å². The van der Waals surface area contributed by atoms with E-state index < -0.39 is 11.8 Å². The lowest BCUT2D eigenvalue weighted by Gasteiger charge is -2.08. The van der Waals surface area contributed by atoms with Crippen LogP contribution in [0.3, 0.4) is 0 Å². The number of halogens is 1. The summed E-state index contributed by atoms with van der Waals surface area (Å²) in [6, 6.07) is 5.78. The molecule has 0 saturated carbocycles. The molecule has 0 aliphatic rings. The number of aromatic nitrogens is 4. The van der Waals surface area contributed by atoms with Crippen LogP contribution in [0.25, 0.3) is 5.69 Å². The van der Waals surface area contributed by atoms with Crippen molar-refractivity contribution >= 4 is 5.97 Å². The molecule has 0 bridgehead atoms. The average molecular weight is 356 g/mol. The van der Waals surface area contributed by atoms with Crippen molar-refractivity contribution in [2.75, 3.05) is 6.61 Å². The lowest BCUT2D eigenvalue weighted by atomic mass is 10.0. The van der Waals surface area contributed by atoms with Crippen molar-refractivity contribution in [1.82, 2.24) is 19.6 Å². The van der Waals surface area contributed by atoms with Gasteiger partial charge in [0.2, 0.25) is 5.43 Å². The number of carbonyl (C=O) groups is 1. The second-order valence-electron chi connectivity index (χ2n) is 5.62. The number of nitrogens with zero attached hydrogens (tertiary/aromatic N) is 4. The Hall–Kier alpha value is -3.29. The molecule has 2 aromatic heterocycles. The number of aryl methyl sites for hydroxylation is 1. The van der Waals surface area contributed by atoms with Crippen molar-refractivity contribution in [1.29, 1.82) is 0 Å². The van der Waals surface area contributed by atoms with Gasteiger partial charge in [0.25, 0.3) is 0 Å². The average Bonchev–Trinajstić information content (AvgIpc) is 3.05. The van der Waals surface area contributed by atoms with Gasteiger partial charge in [-0.1, -0.05) is 12.1 Å². The van der Waals surface area contributed by atoms with E-state index in [1.807, 2.05) is 0 Å². The maximum Gasteiger partial charge on any atom is 0.341 e. The quantitative estimate of drug-likeness (QED) is 0.652. The van der Waals surface area contributed by atoms with Crippen LogP contribution in [0.2, 0.25) is 0 Å². The first-order chi connectivity index (χ1) is 12.5. The van der Waals surface area contributed by atoms with E-state index in [0.29, 0.717) is 5.69 Å². The first kappa shape index (κ1) is 17.5. The Morgan fingerprint density at radius 2 is 2.12 bits per heavy atom. The summed E-state index contributed by atoms with van der Waals surface area (Å²) in [6.45, 7) is 1.80. The van der Waals surface area contributed by atoms with Gasteiger partial charge in [-0.3, -0.25) is 9.48 Å². The van der Waals surface area contributed by atoms with Crippen LogP contribution in [-0.4, -0.2) is 32.1 Å². The van der Waals surface area contributed by atoms with Crippen LogP contribution in [0.15, 0.2) is 47.7 Å². The molecule has 0 atom stereocenters. The summed E-state index contributed by atoms with van der Waals surface area (Å²) in [5, 5.41) is 8.33. The maximum atomic E-state index is 14.6. The predicted octanol–water partition coefficient (Wildman–Crippen LogP) is 1.87. The minimum atomic E-state index is -0.736. The Bertz CT molecular complexity index is 1010. The fourth-order valence-electron chi connectivity index (χ4n) is 2.50. The number of carbonyl (C=O) groups excluding carboxylic acids is 1. The molecule has 0 aliphatic heterocycles. The molecule has 0 radical (unpaired) electrons.